The fraction of sp³-hybridized carbons (Fsp3) is 0.304. The molecule has 3 N–H and O–H groups in total. The highest BCUT2D eigenvalue weighted by Gasteiger charge is 2.14. The van der Waals surface area contributed by atoms with Crippen molar-refractivity contribution in [2.75, 3.05) is 16.9 Å². The number of hydrogen-bond donors (Lipinski definition) is 2. The summed E-state index contributed by atoms with van der Waals surface area (Å²) in [5, 5.41) is 11.2. The Balaban J connectivity index is 1.64. The fourth-order valence-corrected chi connectivity index (χ4v) is 3.77. The van der Waals surface area contributed by atoms with E-state index < -0.39 is 5.56 Å². The van der Waals surface area contributed by atoms with Gasteiger partial charge in [0.1, 0.15) is 5.69 Å². The van der Waals surface area contributed by atoms with Crippen LogP contribution >= 0.6 is 11.8 Å². The number of nitrogens with two attached hydrogens (primary N) is 1. The second-order valence-electron chi connectivity index (χ2n) is 7.83. The maximum absolute atomic E-state index is 12.6. The van der Waals surface area contributed by atoms with Gasteiger partial charge in [0, 0.05) is 12.1 Å². The molecule has 3 aromatic rings. The third-order valence-corrected chi connectivity index (χ3v) is 5.88. The number of rotatable bonds is 7. The first-order valence-corrected chi connectivity index (χ1v) is 11.1. The van der Waals surface area contributed by atoms with Crippen molar-refractivity contribution < 1.29 is 4.79 Å². The van der Waals surface area contributed by atoms with E-state index in [4.69, 9.17) is 5.84 Å². The van der Waals surface area contributed by atoms with Crippen LogP contribution in [0.1, 0.15) is 47.7 Å². The van der Waals surface area contributed by atoms with Crippen LogP contribution in [0.3, 0.4) is 0 Å². The van der Waals surface area contributed by atoms with Crippen molar-refractivity contribution in [3.8, 4) is 0 Å². The number of nitrogen functional groups attached to an aromatic ring is 1. The molecular weight excluding hydrogens is 410 g/mol. The first-order chi connectivity index (χ1) is 14.7. The molecule has 1 amide bonds. The van der Waals surface area contributed by atoms with Crippen molar-refractivity contribution in [2.45, 2.75) is 45.2 Å². The summed E-state index contributed by atoms with van der Waals surface area (Å²) in [6.45, 7) is 8.20. The van der Waals surface area contributed by atoms with Crippen LogP contribution in [0.4, 0.5) is 5.69 Å². The number of benzene rings is 2. The molecule has 0 spiro atoms. The summed E-state index contributed by atoms with van der Waals surface area (Å²) in [5.41, 5.74) is 4.92. The summed E-state index contributed by atoms with van der Waals surface area (Å²) in [7, 11) is 0. The number of aromatic nitrogens is 3. The second kappa shape index (κ2) is 9.78. The van der Waals surface area contributed by atoms with E-state index in [-0.39, 0.29) is 22.5 Å². The number of anilines is 1. The van der Waals surface area contributed by atoms with Crippen molar-refractivity contribution in [2.24, 2.45) is 0 Å². The number of amides is 1. The zero-order valence-electron chi connectivity index (χ0n) is 18.2. The molecule has 1 aromatic heterocycles. The third-order valence-electron chi connectivity index (χ3n) is 4.93. The SMILES string of the molecule is Cc1ccc(NC(=O)CSc2nnc(Cc3ccc(C(C)C)cc3)c(=O)n2N)c(C)c1. The first kappa shape index (κ1) is 22.6. The average molecular weight is 438 g/mol. The molecule has 0 aliphatic carbocycles. The van der Waals surface area contributed by atoms with Gasteiger partial charge in [-0.1, -0.05) is 67.6 Å². The first-order valence-electron chi connectivity index (χ1n) is 10.1. The molecule has 7 nitrogen and oxygen atoms in total. The summed E-state index contributed by atoms with van der Waals surface area (Å²) in [5.74, 6) is 6.23. The van der Waals surface area contributed by atoms with E-state index in [1.54, 1.807) is 0 Å². The number of thioether (sulfide) groups is 1. The van der Waals surface area contributed by atoms with E-state index in [1.165, 1.54) is 5.56 Å². The van der Waals surface area contributed by atoms with E-state index in [0.717, 1.165) is 38.8 Å². The van der Waals surface area contributed by atoms with Gasteiger partial charge in [0.05, 0.1) is 5.75 Å². The monoisotopic (exact) mass is 437 g/mol. The number of carbonyl (C=O) groups is 1. The molecule has 8 heteroatoms. The Morgan fingerprint density at radius 1 is 1.13 bits per heavy atom. The lowest BCUT2D eigenvalue weighted by Gasteiger charge is -2.10. The molecule has 0 radical (unpaired) electrons. The minimum atomic E-state index is -0.416. The highest BCUT2D eigenvalue weighted by Crippen LogP contribution is 2.18. The largest absolute Gasteiger partial charge is 0.334 e. The van der Waals surface area contributed by atoms with Crippen LogP contribution in [0, 0.1) is 13.8 Å². The van der Waals surface area contributed by atoms with E-state index in [9.17, 15) is 9.59 Å². The lowest BCUT2D eigenvalue weighted by Crippen LogP contribution is -2.34. The Morgan fingerprint density at radius 3 is 2.48 bits per heavy atom. The predicted octanol–water partition coefficient (Wildman–Crippen LogP) is 3.41. The molecule has 0 bridgehead atoms. The predicted molar refractivity (Wildman–Crippen MR) is 125 cm³/mol. The van der Waals surface area contributed by atoms with Gasteiger partial charge in [-0.3, -0.25) is 9.59 Å². The van der Waals surface area contributed by atoms with Crippen LogP contribution in [-0.2, 0) is 11.2 Å². The van der Waals surface area contributed by atoms with Crippen LogP contribution in [0.25, 0.3) is 0 Å². The minimum absolute atomic E-state index is 0.0641. The van der Waals surface area contributed by atoms with Gasteiger partial charge in [0.2, 0.25) is 11.1 Å². The van der Waals surface area contributed by atoms with Gasteiger partial charge in [-0.15, -0.1) is 10.2 Å². The highest BCUT2D eigenvalue weighted by atomic mass is 32.2. The summed E-state index contributed by atoms with van der Waals surface area (Å²) < 4.78 is 0.958. The summed E-state index contributed by atoms with van der Waals surface area (Å²) in [6, 6.07) is 13.9. The van der Waals surface area contributed by atoms with Crippen LogP contribution in [0.2, 0.25) is 0 Å². The quantitative estimate of drug-likeness (QED) is 0.434. The Morgan fingerprint density at radius 2 is 1.84 bits per heavy atom. The summed E-state index contributed by atoms with van der Waals surface area (Å²) in [6.07, 6.45) is 0.347. The highest BCUT2D eigenvalue weighted by molar-refractivity contribution is 7.99. The van der Waals surface area contributed by atoms with Crippen LogP contribution in [-0.4, -0.2) is 26.5 Å². The van der Waals surface area contributed by atoms with Crippen molar-refractivity contribution in [3.63, 3.8) is 0 Å². The molecule has 0 saturated carbocycles. The van der Waals surface area contributed by atoms with Crippen molar-refractivity contribution in [3.05, 3.63) is 80.8 Å². The van der Waals surface area contributed by atoms with E-state index in [2.05, 4.69) is 29.4 Å². The fourth-order valence-electron chi connectivity index (χ4n) is 3.11. The van der Waals surface area contributed by atoms with Gasteiger partial charge >= 0.3 is 0 Å². The van der Waals surface area contributed by atoms with Gasteiger partial charge in [-0.25, -0.2) is 0 Å². The van der Waals surface area contributed by atoms with Crippen LogP contribution in [0.5, 0.6) is 0 Å². The molecule has 2 aromatic carbocycles. The molecule has 0 aliphatic rings. The Labute approximate surface area is 186 Å². The maximum Gasteiger partial charge on any atom is 0.294 e. The van der Waals surface area contributed by atoms with E-state index in [1.807, 2.05) is 56.3 Å². The lowest BCUT2D eigenvalue weighted by atomic mass is 10.0. The molecule has 0 saturated heterocycles. The average Bonchev–Trinajstić information content (AvgIpc) is 2.73. The van der Waals surface area contributed by atoms with Crippen molar-refractivity contribution in [1.29, 1.82) is 0 Å². The molecular formula is C23H27N5O2S. The molecule has 0 atom stereocenters. The van der Waals surface area contributed by atoms with Crippen molar-refractivity contribution >= 4 is 23.4 Å². The van der Waals surface area contributed by atoms with Gasteiger partial charge in [-0.05, 0) is 42.5 Å². The van der Waals surface area contributed by atoms with Crippen LogP contribution in [0.15, 0.2) is 52.4 Å². The van der Waals surface area contributed by atoms with Gasteiger partial charge in [0.25, 0.3) is 5.56 Å². The number of nitrogens with zero attached hydrogens (tertiary/aromatic N) is 3. The smallest absolute Gasteiger partial charge is 0.294 e. The zero-order chi connectivity index (χ0) is 22.5. The number of carbonyl (C=O) groups excluding carboxylic acids is 1. The standard InChI is InChI=1S/C23H27N5O2S/c1-14(2)18-8-6-17(7-9-18)12-20-22(30)28(24)23(27-26-20)31-13-21(29)25-19-10-5-15(3)11-16(19)4/h5-11,14H,12-13,24H2,1-4H3,(H,25,29). The summed E-state index contributed by atoms with van der Waals surface area (Å²) in [4.78, 5) is 24.9. The van der Waals surface area contributed by atoms with Crippen LogP contribution < -0.4 is 16.7 Å². The Bertz CT molecular complexity index is 1140. The molecule has 162 valence electrons. The van der Waals surface area contributed by atoms with E-state index >= 15 is 0 Å². The molecule has 0 unspecified atom stereocenters. The van der Waals surface area contributed by atoms with Crippen molar-refractivity contribution in [1.82, 2.24) is 14.9 Å². The second-order valence-corrected chi connectivity index (χ2v) is 8.78. The number of hydrogen-bond acceptors (Lipinski definition) is 6. The molecule has 0 fully saturated rings. The number of nitrogens with one attached hydrogen (secondary N) is 1. The molecule has 0 aliphatic heterocycles. The van der Waals surface area contributed by atoms with Gasteiger partial charge in [-0.2, -0.15) is 4.68 Å². The number of aryl methyl sites for hydroxylation is 2. The Kier molecular flexibility index (Phi) is 7.12. The summed E-state index contributed by atoms with van der Waals surface area (Å²) >= 11 is 1.07. The molecule has 31 heavy (non-hydrogen) atoms. The van der Waals surface area contributed by atoms with Gasteiger partial charge in [0.15, 0.2) is 0 Å². The normalized spacial score (nSPS) is 11.0. The van der Waals surface area contributed by atoms with E-state index in [0.29, 0.717) is 12.3 Å². The lowest BCUT2D eigenvalue weighted by molar-refractivity contribution is -0.113. The Hall–Kier alpha value is -3.13. The molecule has 1 heterocycles. The zero-order valence-corrected chi connectivity index (χ0v) is 19.0. The van der Waals surface area contributed by atoms with Gasteiger partial charge < -0.3 is 11.2 Å². The maximum atomic E-state index is 12.6. The topological polar surface area (TPSA) is 103 Å². The minimum Gasteiger partial charge on any atom is -0.334 e. The molecule has 3 rings (SSSR count). The third kappa shape index (κ3) is 5.73.